The molecule has 0 fully saturated rings. The Morgan fingerprint density at radius 2 is 1.53 bits per heavy atom. The summed E-state index contributed by atoms with van der Waals surface area (Å²) in [6.45, 7) is 4.16. The second-order valence-electron chi connectivity index (χ2n) is 4.65. The van der Waals surface area contributed by atoms with Gasteiger partial charge in [-0.1, -0.05) is 47.7 Å². The predicted molar refractivity (Wildman–Crippen MR) is 76.3 cm³/mol. The van der Waals surface area contributed by atoms with Crippen molar-refractivity contribution in [2.75, 3.05) is 0 Å². The van der Waals surface area contributed by atoms with Crippen molar-refractivity contribution in [2.24, 2.45) is 0 Å². The van der Waals surface area contributed by atoms with Crippen molar-refractivity contribution in [3.8, 4) is 16.9 Å². The first-order chi connectivity index (χ1) is 9.25. The molecule has 0 N–H and O–H groups in total. The molecule has 0 aliphatic carbocycles. The van der Waals surface area contributed by atoms with Crippen molar-refractivity contribution in [1.82, 2.24) is 15.0 Å². The Balaban J connectivity index is 2.06. The summed E-state index contributed by atoms with van der Waals surface area (Å²) in [5, 5.41) is 8.51. The highest BCUT2D eigenvalue weighted by Gasteiger charge is 2.08. The minimum absolute atomic E-state index is 0.904. The summed E-state index contributed by atoms with van der Waals surface area (Å²) in [4.78, 5) is 0. The Morgan fingerprint density at radius 3 is 2.26 bits per heavy atom. The molecule has 0 atom stereocenters. The normalized spacial score (nSPS) is 10.6. The fourth-order valence-corrected chi connectivity index (χ4v) is 2.19. The Bertz CT molecular complexity index is 653. The van der Waals surface area contributed by atoms with Crippen molar-refractivity contribution in [2.45, 2.75) is 13.8 Å². The molecule has 0 bridgehead atoms. The number of rotatable bonds is 2. The average Bonchev–Trinajstić information content (AvgIpc) is 2.89. The number of para-hydroxylation sites is 1. The Morgan fingerprint density at radius 1 is 0.842 bits per heavy atom. The topological polar surface area (TPSA) is 30.7 Å². The molecule has 0 amide bonds. The first kappa shape index (κ1) is 11.7. The summed E-state index contributed by atoms with van der Waals surface area (Å²) >= 11 is 0. The van der Waals surface area contributed by atoms with Crippen molar-refractivity contribution < 1.29 is 0 Å². The maximum atomic E-state index is 4.28. The number of nitrogens with zero attached hydrogens (tertiary/aromatic N) is 3. The van der Waals surface area contributed by atoms with Crippen LogP contribution in [-0.4, -0.2) is 15.0 Å². The van der Waals surface area contributed by atoms with Gasteiger partial charge in [-0.15, -0.1) is 5.10 Å². The lowest BCUT2D eigenvalue weighted by atomic mass is 10.1. The third-order valence-corrected chi connectivity index (χ3v) is 3.28. The molecule has 0 saturated heterocycles. The first-order valence-corrected chi connectivity index (χ1v) is 6.30. The fourth-order valence-electron chi connectivity index (χ4n) is 2.19. The molecule has 0 spiro atoms. The molecule has 3 rings (SSSR count). The molecular weight excluding hydrogens is 234 g/mol. The molecule has 1 heterocycles. The minimum Gasteiger partial charge on any atom is -0.220 e. The second-order valence-corrected chi connectivity index (χ2v) is 4.65. The molecular formula is C16H15N3. The van der Waals surface area contributed by atoms with E-state index in [9.17, 15) is 0 Å². The molecule has 94 valence electrons. The van der Waals surface area contributed by atoms with Crippen LogP contribution in [0.25, 0.3) is 16.9 Å². The standard InChI is InChI=1S/C16H15N3/c1-12-7-3-5-9-14(12)15-11-19(18-17-15)16-10-6-4-8-13(16)2/h3-11H,1-2H3. The molecule has 0 radical (unpaired) electrons. The highest BCUT2D eigenvalue weighted by atomic mass is 15.4. The van der Waals surface area contributed by atoms with Gasteiger partial charge in [0, 0.05) is 5.56 Å². The molecule has 19 heavy (non-hydrogen) atoms. The van der Waals surface area contributed by atoms with Gasteiger partial charge in [0.15, 0.2) is 0 Å². The van der Waals surface area contributed by atoms with Crippen molar-refractivity contribution in [1.29, 1.82) is 0 Å². The van der Waals surface area contributed by atoms with Gasteiger partial charge in [-0.2, -0.15) is 0 Å². The zero-order valence-electron chi connectivity index (χ0n) is 11.0. The van der Waals surface area contributed by atoms with E-state index in [1.54, 1.807) is 0 Å². The quantitative estimate of drug-likeness (QED) is 0.695. The number of aromatic nitrogens is 3. The van der Waals surface area contributed by atoms with Crippen molar-refractivity contribution in [3.05, 3.63) is 65.9 Å². The van der Waals surface area contributed by atoms with Crippen molar-refractivity contribution in [3.63, 3.8) is 0 Å². The van der Waals surface area contributed by atoms with E-state index in [-0.39, 0.29) is 0 Å². The highest BCUT2D eigenvalue weighted by Crippen LogP contribution is 2.22. The average molecular weight is 249 g/mol. The Hall–Kier alpha value is -2.42. The Kier molecular flexibility index (Phi) is 2.88. The summed E-state index contributed by atoms with van der Waals surface area (Å²) in [6, 6.07) is 16.4. The van der Waals surface area contributed by atoms with Gasteiger partial charge in [0.2, 0.25) is 0 Å². The molecule has 3 nitrogen and oxygen atoms in total. The van der Waals surface area contributed by atoms with E-state index in [2.05, 4.69) is 42.4 Å². The molecule has 3 heteroatoms. The van der Waals surface area contributed by atoms with Gasteiger partial charge in [0.05, 0.1) is 11.9 Å². The molecule has 1 aromatic heterocycles. The minimum atomic E-state index is 0.904. The SMILES string of the molecule is Cc1ccccc1-c1cn(-c2ccccc2C)nn1. The van der Waals surface area contributed by atoms with Crippen LogP contribution in [0.5, 0.6) is 0 Å². The van der Waals surface area contributed by atoms with Crippen LogP contribution in [0.15, 0.2) is 54.7 Å². The molecule has 0 aliphatic rings. The maximum absolute atomic E-state index is 4.28. The second kappa shape index (κ2) is 4.69. The molecule has 2 aromatic carbocycles. The first-order valence-electron chi connectivity index (χ1n) is 6.30. The van der Waals surface area contributed by atoms with Crippen LogP contribution in [0.4, 0.5) is 0 Å². The third-order valence-electron chi connectivity index (χ3n) is 3.28. The molecule has 3 aromatic rings. The molecule has 0 saturated carbocycles. The van der Waals surface area contributed by atoms with Gasteiger partial charge in [0.1, 0.15) is 5.69 Å². The number of benzene rings is 2. The molecule has 0 unspecified atom stereocenters. The number of hydrogen-bond donors (Lipinski definition) is 0. The number of hydrogen-bond acceptors (Lipinski definition) is 2. The van der Waals surface area contributed by atoms with E-state index in [1.165, 1.54) is 11.1 Å². The van der Waals surface area contributed by atoms with E-state index in [0.717, 1.165) is 16.9 Å². The van der Waals surface area contributed by atoms with Gasteiger partial charge < -0.3 is 0 Å². The van der Waals surface area contributed by atoms with Gasteiger partial charge >= 0.3 is 0 Å². The zero-order valence-corrected chi connectivity index (χ0v) is 11.0. The Labute approximate surface area is 112 Å². The lowest BCUT2D eigenvalue weighted by molar-refractivity contribution is 0.799. The summed E-state index contributed by atoms with van der Waals surface area (Å²) in [6.07, 6.45) is 1.98. The van der Waals surface area contributed by atoms with Gasteiger partial charge in [-0.05, 0) is 31.0 Å². The predicted octanol–water partition coefficient (Wildman–Crippen LogP) is 3.55. The van der Waals surface area contributed by atoms with Crippen LogP contribution in [0.2, 0.25) is 0 Å². The van der Waals surface area contributed by atoms with Crippen LogP contribution in [0.1, 0.15) is 11.1 Å². The van der Waals surface area contributed by atoms with Crippen molar-refractivity contribution >= 4 is 0 Å². The van der Waals surface area contributed by atoms with E-state index in [1.807, 2.05) is 41.2 Å². The monoisotopic (exact) mass is 249 g/mol. The lowest BCUT2D eigenvalue weighted by Gasteiger charge is -2.03. The van der Waals surface area contributed by atoms with Gasteiger partial charge in [-0.25, -0.2) is 4.68 Å². The maximum Gasteiger partial charge on any atom is 0.113 e. The van der Waals surface area contributed by atoms with Crippen LogP contribution in [-0.2, 0) is 0 Å². The van der Waals surface area contributed by atoms with E-state index >= 15 is 0 Å². The van der Waals surface area contributed by atoms with Crippen LogP contribution in [0, 0.1) is 13.8 Å². The van der Waals surface area contributed by atoms with Gasteiger partial charge in [0.25, 0.3) is 0 Å². The third kappa shape index (κ3) is 2.15. The molecule has 0 aliphatic heterocycles. The van der Waals surface area contributed by atoms with E-state index in [4.69, 9.17) is 0 Å². The zero-order chi connectivity index (χ0) is 13.2. The largest absolute Gasteiger partial charge is 0.220 e. The number of aryl methyl sites for hydroxylation is 2. The van der Waals surface area contributed by atoms with E-state index in [0.29, 0.717) is 0 Å². The van der Waals surface area contributed by atoms with Crippen LogP contribution >= 0.6 is 0 Å². The lowest BCUT2D eigenvalue weighted by Crippen LogP contribution is -1.96. The van der Waals surface area contributed by atoms with Gasteiger partial charge in [-0.3, -0.25) is 0 Å². The van der Waals surface area contributed by atoms with Crippen LogP contribution in [0.3, 0.4) is 0 Å². The van der Waals surface area contributed by atoms with E-state index < -0.39 is 0 Å². The summed E-state index contributed by atoms with van der Waals surface area (Å²) < 4.78 is 1.83. The highest BCUT2D eigenvalue weighted by molar-refractivity contribution is 5.62. The summed E-state index contributed by atoms with van der Waals surface area (Å²) in [5.74, 6) is 0. The fraction of sp³-hybridized carbons (Fsp3) is 0.125. The summed E-state index contributed by atoms with van der Waals surface area (Å²) in [7, 11) is 0. The van der Waals surface area contributed by atoms with Crippen LogP contribution < -0.4 is 0 Å². The smallest absolute Gasteiger partial charge is 0.113 e. The summed E-state index contributed by atoms with van der Waals surface area (Å²) in [5.41, 5.74) is 5.49.